The maximum atomic E-state index is 15.8. The van der Waals surface area contributed by atoms with Gasteiger partial charge in [-0.1, -0.05) is 76.5 Å². The van der Waals surface area contributed by atoms with E-state index in [2.05, 4.69) is 20.8 Å². The standard InChI is InChI=1S/C41H44F2O2S2/c1-5-9-10-26(6-2)25-45-30-16-18-34(37(43)24-30)39-21-22-40(47-39)35-20-19-32(31(7-3)41(35)38(46)8-4)33-17-13-28(23-36(33)42)27-11-14-29(44)15-12-27/h7,11,13-14,16-24,26,44,46H,5-6,8-10,12,15,25H2,1-4H3/b31-7+,41-38+. The second-order valence-corrected chi connectivity index (χ2v) is 13.7. The molecule has 1 atom stereocenters. The fourth-order valence-electron chi connectivity index (χ4n) is 6.17. The summed E-state index contributed by atoms with van der Waals surface area (Å²) in [7, 11) is 0. The molecule has 0 spiro atoms. The summed E-state index contributed by atoms with van der Waals surface area (Å²) in [5.74, 6) is 0.780. The Kier molecular flexibility index (Phi) is 11.8. The number of thiophene rings is 1. The zero-order chi connectivity index (χ0) is 33.5. The van der Waals surface area contributed by atoms with E-state index in [1.807, 2.05) is 61.5 Å². The van der Waals surface area contributed by atoms with Crippen molar-refractivity contribution in [1.29, 1.82) is 0 Å². The summed E-state index contributed by atoms with van der Waals surface area (Å²) in [6.07, 6.45) is 12.0. The molecule has 1 aliphatic rings. The molecule has 1 N–H and O–H groups in total. The van der Waals surface area contributed by atoms with Crippen LogP contribution in [0.3, 0.4) is 0 Å². The van der Waals surface area contributed by atoms with E-state index >= 15 is 8.78 Å². The number of rotatable bonds is 12. The number of benzene rings is 3. The number of allylic oxidation sites excluding steroid dienone is 4. The van der Waals surface area contributed by atoms with E-state index in [1.165, 1.54) is 23.8 Å². The largest absolute Gasteiger partial charge is 0.512 e. The second-order valence-electron chi connectivity index (χ2n) is 12.1. The fourth-order valence-corrected chi connectivity index (χ4v) is 7.48. The summed E-state index contributed by atoms with van der Waals surface area (Å²) < 4.78 is 37.2. The molecule has 1 aromatic heterocycles. The number of hydrogen-bond acceptors (Lipinski definition) is 4. The summed E-state index contributed by atoms with van der Waals surface area (Å²) in [4.78, 5) is 2.72. The van der Waals surface area contributed by atoms with Gasteiger partial charge in [0.2, 0.25) is 0 Å². The molecule has 0 aliphatic heterocycles. The van der Waals surface area contributed by atoms with Crippen molar-refractivity contribution in [2.24, 2.45) is 5.92 Å². The lowest BCUT2D eigenvalue weighted by Gasteiger charge is -2.16. The third-order valence-electron chi connectivity index (χ3n) is 9.02. The Morgan fingerprint density at radius 2 is 1.60 bits per heavy atom. The first-order valence-corrected chi connectivity index (χ1v) is 18.0. The lowest BCUT2D eigenvalue weighted by atomic mass is 9.92. The molecule has 0 saturated carbocycles. The van der Waals surface area contributed by atoms with Gasteiger partial charge < -0.3 is 9.84 Å². The van der Waals surface area contributed by atoms with E-state index in [0.29, 0.717) is 54.4 Å². The van der Waals surface area contributed by atoms with Gasteiger partial charge in [-0.2, -0.15) is 0 Å². The number of aliphatic hydroxyl groups excluding tert-OH is 1. The number of unbranched alkanes of at least 4 members (excludes halogenated alkanes) is 1. The normalized spacial score (nSPS) is 14.9. The van der Waals surface area contributed by atoms with Gasteiger partial charge >= 0.3 is 0 Å². The van der Waals surface area contributed by atoms with E-state index in [0.717, 1.165) is 66.6 Å². The number of halogens is 2. The van der Waals surface area contributed by atoms with Crippen LogP contribution in [0.5, 0.6) is 5.75 Å². The van der Waals surface area contributed by atoms with Gasteiger partial charge in [-0.05, 0) is 101 Å². The Balaban J connectivity index is 1.47. The van der Waals surface area contributed by atoms with Crippen LogP contribution in [0.4, 0.5) is 8.78 Å². The summed E-state index contributed by atoms with van der Waals surface area (Å²) in [6, 6.07) is 18.5. The van der Waals surface area contributed by atoms with Gasteiger partial charge in [0.15, 0.2) is 0 Å². The molecule has 0 fully saturated rings. The molecular weight excluding hydrogens is 627 g/mol. The van der Waals surface area contributed by atoms with Crippen LogP contribution < -0.4 is 15.2 Å². The van der Waals surface area contributed by atoms with Gasteiger partial charge in [0.05, 0.1) is 12.4 Å². The zero-order valence-corrected chi connectivity index (χ0v) is 29.4. The Morgan fingerprint density at radius 3 is 2.23 bits per heavy atom. The number of aliphatic hydroxyl groups is 1. The first-order chi connectivity index (χ1) is 22.8. The molecule has 0 bridgehead atoms. The fraction of sp³-hybridized carbons (Fsp3) is 0.317. The predicted molar refractivity (Wildman–Crippen MR) is 199 cm³/mol. The maximum absolute atomic E-state index is 15.8. The van der Waals surface area contributed by atoms with Crippen molar-refractivity contribution < 1.29 is 18.6 Å². The third-order valence-corrected chi connectivity index (χ3v) is 10.7. The van der Waals surface area contributed by atoms with Crippen LogP contribution in [-0.4, -0.2) is 11.7 Å². The monoisotopic (exact) mass is 670 g/mol. The molecule has 0 amide bonds. The number of ether oxygens (including phenoxy) is 1. The summed E-state index contributed by atoms with van der Waals surface area (Å²) >= 11 is 6.44. The molecule has 47 heavy (non-hydrogen) atoms. The molecular formula is C41H44F2O2S2. The molecule has 1 heterocycles. The van der Waals surface area contributed by atoms with Gasteiger partial charge in [-0.15, -0.1) is 24.0 Å². The van der Waals surface area contributed by atoms with Crippen LogP contribution >= 0.6 is 24.0 Å². The van der Waals surface area contributed by atoms with Gasteiger partial charge in [0, 0.05) is 38.9 Å². The summed E-state index contributed by atoms with van der Waals surface area (Å²) in [5, 5.41) is 11.6. The van der Waals surface area contributed by atoms with Gasteiger partial charge in [-0.25, -0.2) is 8.78 Å². The lowest BCUT2D eigenvalue weighted by Crippen LogP contribution is -2.30. The average molecular weight is 671 g/mol. The van der Waals surface area contributed by atoms with E-state index < -0.39 is 0 Å². The van der Waals surface area contributed by atoms with Crippen molar-refractivity contribution >= 4 is 40.5 Å². The maximum Gasteiger partial charge on any atom is 0.135 e. The first-order valence-electron chi connectivity index (χ1n) is 16.7. The van der Waals surface area contributed by atoms with Gasteiger partial charge in [-0.3, -0.25) is 0 Å². The van der Waals surface area contributed by atoms with Crippen LogP contribution in [0.25, 0.3) is 48.6 Å². The lowest BCUT2D eigenvalue weighted by molar-refractivity contribution is 0.232. The second kappa shape index (κ2) is 16.0. The highest BCUT2D eigenvalue weighted by molar-refractivity contribution is 7.90. The highest BCUT2D eigenvalue weighted by atomic mass is 32.1. The molecule has 1 unspecified atom stereocenters. The zero-order valence-electron chi connectivity index (χ0n) is 27.7. The Labute approximate surface area is 287 Å². The minimum absolute atomic E-state index is 0.298. The van der Waals surface area contributed by atoms with Crippen LogP contribution in [0.2, 0.25) is 0 Å². The minimum atomic E-state index is -0.304. The number of thiol groups is 1. The summed E-state index contributed by atoms with van der Waals surface area (Å²) in [6.45, 7) is 8.99. The molecule has 0 saturated heterocycles. The number of hydrogen-bond donors (Lipinski definition) is 2. The first kappa shape index (κ1) is 34.7. The van der Waals surface area contributed by atoms with Crippen molar-refractivity contribution in [3.63, 3.8) is 0 Å². The molecule has 6 heteroatoms. The smallest absolute Gasteiger partial charge is 0.135 e. The molecule has 5 rings (SSSR count). The summed E-state index contributed by atoms with van der Waals surface area (Å²) in [5.41, 5.74) is 4.66. The van der Waals surface area contributed by atoms with E-state index in [9.17, 15) is 5.11 Å². The molecule has 246 valence electrons. The van der Waals surface area contributed by atoms with Crippen molar-refractivity contribution in [3.05, 3.63) is 106 Å². The molecule has 1 aliphatic carbocycles. The minimum Gasteiger partial charge on any atom is -0.512 e. The average Bonchev–Trinajstić information content (AvgIpc) is 3.57. The van der Waals surface area contributed by atoms with Crippen molar-refractivity contribution in [1.82, 2.24) is 0 Å². The Morgan fingerprint density at radius 1 is 0.894 bits per heavy atom. The molecule has 3 aromatic carbocycles. The van der Waals surface area contributed by atoms with Crippen molar-refractivity contribution in [3.8, 4) is 37.8 Å². The SMILES string of the molecule is C/C=c1\c(-c2ccc(C3=CC=C(O)CC3)cc2F)ccc(-c2ccc(-c3ccc(OCC(CC)CCCC)cc3F)s2)\c1=C(\S)CC. The Bertz CT molecular complexity index is 1920. The molecule has 2 nitrogen and oxygen atoms in total. The van der Waals surface area contributed by atoms with Crippen LogP contribution in [-0.2, 0) is 0 Å². The molecule has 0 radical (unpaired) electrons. The van der Waals surface area contributed by atoms with E-state index in [1.54, 1.807) is 18.2 Å². The third kappa shape index (κ3) is 7.93. The van der Waals surface area contributed by atoms with Crippen LogP contribution in [0.1, 0.15) is 78.2 Å². The quantitative estimate of drug-likeness (QED) is 0.147. The highest BCUT2D eigenvalue weighted by Crippen LogP contribution is 2.37. The van der Waals surface area contributed by atoms with Crippen LogP contribution in [0, 0.1) is 17.6 Å². The van der Waals surface area contributed by atoms with Crippen LogP contribution in [0.15, 0.2) is 78.6 Å². The molecule has 4 aromatic rings. The Hall–Kier alpha value is -3.61. The van der Waals surface area contributed by atoms with E-state index in [4.69, 9.17) is 17.4 Å². The van der Waals surface area contributed by atoms with E-state index in [-0.39, 0.29) is 11.6 Å². The van der Waals surface area contributed by atoms with Crippen molar-refractivity contribution in [2.45, 2.75) is 72.6 Å². The van der Waals surface area contributed by atoms with Gasteiger partial charge in [0.25, 0.3) is 0 Å². The topological polar surface area (TPSA) is 29.5 Å². The highest BCUT2D eigenvalue weighted by Gasteiger charge is 2.17. The van der Waals surface area contributed by atoms with Gasteiger partial charge in [0.1, 0.15) is 17.4 Å². The predicted octanol–water partition coefficient (Wildman–Crippen LogP) is 11.5. The van der Waals surface area contributed by atoms with Crippen molar-refractivity contribution in [2.75, 3.05) is 6.61 Å².